The molecule has 1 saturated heterocycles. The van der Waals surface area contributed by atoms with E-state index in [1.807, 2.05) is 42.5 Å². The number of hydrogen-bond acceptors (Lipinski definition) is 1. The average Bonchev–Trinajstić information content (AvgIpc) is 2.63. The van der Waals surface area contributed by atoms with Crippen molar-refractivity contribution < 1.29 is 4.79 Å². The molecule has 3 rings (SSSR count). The minimum Gasteiger partial charge on any atom is -0.328 e. The Balaban J connectivity index is 1.92. The van der Waals surface area contributed by atoms with E-state index in [1.54, 1.807) is 0 Å². The van der Waals surface area contributed by atoms with E-state index in [0.29, 0.717) is 6.42 Å². The molecule has 3 heteroatoms. The lowest BCUT2D eigenvalue weighted by Gasteiger charge is -2.26. The highest BCUT2D eigenvalue weighted by molar-refractivity contribution is 6.36. The van der Waals surface area contributed by atoms with Crippen molar-refractivity contribution in [3.05, 3.63) is 59.8 Å². The van der Waals surface area contributed by atoms with E-state index < -0.39 is 4.87 Å². The molecule has 1 amide bonds. The molecule has 1 aromatic carbocycles. The van der Waals surface area contributed by atoms with E-state index in [-0.39, 0.29) is 11.8 Å². The van der Waals surface area contributed by atoms with E-state index in [9.17, 15) is 4.79 Å². The van der Waals surface area contributed by atoms with Crippen LogP contribution in [0.25, 0.3) is 0 Å². The third kappa shape index (κ3) is 1.77. The predicted molar refractivity (Wildman–Crippen MR) is 72.2 cm³/mol. The van der Waals surface area contributed by atoms with Crippen LogP contribution >= 0.6 is 11.6 Å². The number of hydrogen-bond donors (Lipinski definition) is 1. The van der Waals surface area contributed by atoms with Gasteiger partial charge in [0.25, 0.3) is 0 Å². The molecule has 1 N–H and O–H groups in total. The summed E-state index contributed by atoms with van der Waals surface area (Å²) in [4.78, 5) is 11.3. The lowest BCUT2D eigenvalue weighted by Crippen LogP contribution is -2.39. The first-order valence-electron chi connectivity index (χ1n) is 6.11. The molecule has 1 aliphatic carbocycles. The fourth-order valence-corrected chi connectivity index (χ4v) is 3.09. The third-order valence-electron chi connectivity index (χ3n) is 3.65. The van der Waals surface area contributed by atoms with Crippen LogP contribution in [-0.4, -0.2) is 10.8 Å². The maximum absolute atomic E-state index is 12.2. The Morgan fingerprint density at radius 1 is 1.33 bits per heavy atom. The molecule has 1 aromatic rings. The van der Waals surface area contributed by atoms with Gasteiger partial charge in [0.05, 0.1) is 0 Å². The van der Waals surface area contributed by atoms with Crippen molar-refractivity contribution in [3.8, 4) is 0 Å². The molecule has 2 aliphatic rings. The molecule has 0 bridgehead atoms. The van der Waals surface area contributed by atoms with Crippen molar-refractivity contribution in [1.82, 2.24) is 5.32 Å². The van der Waals surface area contributed by atoms with Crippen LogP contribution in [-0.2, 0) is 11.2 Å². The Morgan fingerprint density at radius 2 is 2.11 bits per heavy atom. The summed E-state index contributed by atoms with van der Waals surface area (Å²) in [6, 6.07) is 9.93. The largest absolute Gasteiger partial charge is 0.328 e. The highest BCUT2D eigenvalue weighted by Crippen LogP contribution is 2.42. The number of fused-ring (bicyclic) bond motifs is 1. The topological polar surface area (TPSA) is 29.1 Å². The van der Waals surface area contributed by atoms with Crippen molar-refractivity contribution in [1.29, 1.82) is 0 Å². The van der Waals surface area contributed by atoms with Crippen LogP contribution in [0.15, 0.2) is 54.3 Å². The lowest BCUT2D eigenvalue weighted by atomic mass is 9.83. The first-order valence-corrected chi connectivity index (χ1v) is 6.49. The van der Waals surface area contributed by atoms with E-state index in [1.165, 1.54) is 0 Å². The van der Waals surface area contributed by atoms with Gasteiger partial charge in [-0.1, -0.05) is 42.5 Å². The van der Waals surface area contributed by atoms with Gasteiger partial charge in [0.2, 0.25) is 5.91 Å². The second kappa shape index (κ2) is 4.29. The summed E-state index contributed by atoms with van der Waals surface area (Å²) >= 11 is 6.64. The Hall–Kier alpha value is -1.54. The molecular weight excluding hydrogens is 246 g/mol. The first-order chi connectivity index (χ1) is 8.70. The van der Waals surface area contributed by atoms with Crippen molar-refractivity contribution in [2.75, 3.05) is 0 Å². The van der Waals surface area contributed by atoms with Crippen molar-refractivity contribution in [2.24, 2.45) is 5.92 Å². The Bertz CT molecular complexity index is 535. The zero-order chi connectivity index (χ0) is 12.6. The number of rotatable bonds is 2. The number of allylic oxidation sites excluding steroid dienone is 4. The van der Waals surface area contributed by atoms with E-state index in [2.05, 4.69) is 11.4 Å². The number of halogens is 1. The maximum atomic E-state index is 12.2. The van der Waals surface area contributed by atoms with Gasteiger partial charge >= 0.3 is 0 Å². The van der Waals surface area contributed by atoms with Gasteiger partial charge in [-0.25, -0.2) is 0 Å². The predicted octanol–water partition coefficient (Wildman–Crippen LogP) is 2.80. The Morgan fingerprint density at radius 3 is 2.89 bits per heavy atom. The number of carbonyl (C=O) groups excluding carboxylic acids is 1. The van der Waals surface area contributed by atoms with E-state index in [0.717, 1.165) is 17.7 Å². The van der Waals surface area contributed by atoms with Gasteiger partial charge in [0.1, 0.15) is 4.87 Å². The fourth-order valence-electron chi connectivity index (χ4n) is 2.68. The molecular formula is C15H14ClNO. The fraction of sp³-hybridized carbons (Fsp3) is 0.267. The molecule has 2 nitrogen and oxygen atoms in total. The van der Waals surface area contributed by atoms with Gasteiger partial charge in [-0.2, -0.15) is 0 Å². The Kier molecular flexibility index (Phi) is 2.75. The number of carbonyl (C=O) groups is 1. The second-order valence-corrected chi connectivity index (χ2v) is 5.49. The molecule has 0 saturated carbocycles. The molecule has 2 unspecified atom stereocenters. The molecule has 1 heterocycles. The van der Waals surface area contributed by atoms with Crippen LogP contribution in [0.1, 0.15) is 12.0 Å². The summed E-state index contributed by atoms with van der Waals surface area (Å²) in [6.07, 6.45) is 7.37. The van der Waals surface area contributed by atoms with Gasteiger partial charge < -0.3 is 5.32 Å². The number of benzene rings is 1. The molecule has 0 aromatic heterocycles. The van der Waals surface area contributed by atoms with Gasteiger partial charge in [-0.15, -0.1) is 11.6 Å². The van der Waals surface area contributed by atoms with Gasteiger partial charge in [-0.05, 0) is 18.1 Å². The van der Waals surface area contributed by atoms with Crippen LogP contribution in [0.2, 0.25) is 0 Å². The molecule has 1 aliphatic heterocycles. The van der Waals surface area contributed by atoms with E-state index >= 15 is 0 Å². The maximum Gasteiger partial charge on any atom is 0.246 e. The highest BCUT2D eigenvalue weighted by Gasteiger charge is 2.51. The van der Waals surface area contributed by atoms with Crippen molar-refractivity contribution in [3.63, 3.8) is 0 Å². The summed E-state index contributed by atoms with van der Waals surface area (Å²) in [5.74, 6) is -0.00941. The average molecular weight is 260 g/mol. The molecule has 1 fully saturated rings. The summed E-state index contributed by atoms with van der Waals surface area (Å²) in [5, 5.41) is 2.91. The minimum atomic E-state index is -0.849. The molecule has 2 atom stereocenters. The third-order valence-corrected chi connectivity index (χ3v) is 4.22. The zero-order valence-electron chi connectivity index (χ0n) is 9.90. The lowest BCUT2D eigenvalue weighted by molar-refractivity contribution is -0.121. The molecule has 0 radical (unpaired) electrons. The summed E-state index contributed by atoms with van der Waals surface area (Å²) in [7, 11) is 0. The standard InChI is InChI=1S/C15H14ClNO/c16-15(10-11-6-2-1-3-7-11)12-8-4-5-9-13(12)17-14(15)18/h1-7,9,12H,8,10H2,(H,17,18). The number of alkyl halides is 1. The van der Waals surface area contributed by atoms with Gasteiger partial charge in [0.15, 0.2) is 0 Å². The normalized spacial score (nSPS) is 29.7. The summed E-state index contributed by atoms with van der Waals surface area (Å²) in [6.45, 7) is 0. The van der Waals surface area contributed by atoms with Crippen molar-refractivity contribution >= 4 is 17.5 Å². The smallest absolute Gasteiger partial charge is 0.246 e. The molecule has 18 heavy (non-hydrogen) atoms. The van der Waals surface area contributed by atoms with Crippen LogP contribution in [0.3, 0.4) is 0 Å². The highest BCUT2D eigenvalue weighted by atomic mass is 35.5. The second-order valence-electron chi connectivity index (χ2n) is 4.82. The van der Waals surface area contributed by atoms with Crippen LogP contribution < -0.4 is 5.32 Å². The molecule has 0 spiro atoms. The first kappa shape index (κ1) is 11.5. The Labute approximate surface area is 111 Å². The SMILES string of the molecule is O=C1NC2=CC=CCC2C1(Cl)Cc1ccccc1. The quantitative estimate of drug-likeness (QED) is 0.813. The monoisotopic (exact) mass is 259 g/mol. The van der Waals surface area contributed by atoms with Crippen LogP contribution in [0.5, 0.6) is 0 Å². The van der Waals surface area contributed by atoms with E-state index in [4.69, 9.17) is 11.6 Å². The molecule has 92 valence electrons. The van der Waals surface area contributed by atoms with Crippen LogP contribution in [0, 0.1) is 5.92 Å². The number of nitrogens with one attached hydrogen (secondary N) is 1. The zero-order valence-corrected chi connectivity index (χ0v) is 10.7. The summed E-state index contributed by atoms with van der Waals surface area (Å²) in [5.41, 5.74) is 2.05. The van der Waals surface area contributed by atoms with Crippen LogP contribution in [0.4, 0.5) is 0 Å². The summed E-state index contributed by atoms with van der Waals surface area (Å²) < 4.78 is 0. The van der Waals surface area contributed by atoms with Gasteiger partial charge in [-0.3, -0.25) is 4.79 Å². The van der Waals surface area contributed by atoms with Gasteiger partial charge in [0, 0.05) is 18.0 Å². The number of amides is 1. The van der Waals surface area contributed by atoms with Crippen molar-refractivity contribution in [2.45, 2.75) is 17.7 Å². The minimum absolute atomic E-state index is 0.0665.